The molecule has 0 saturated carbocycles. The van der Waals surface area contributed by atoms with Crippen LogP contribution in [-0.2, 0) is 4.43 Å². The smallest absolute Gasteiger partial charge is 0.146 e. The highest BCUT2D eigenvalue weighted by atomic mass is 28.2. The van der Waals surface area contributed by atoms with Crippen molar-refractivity contribution in [2.75, 3.05) is 27.7 Å². The van der Waals surface area contributed by atoms with Crippen LogP contribution in [0.1, 0.15) is 0 Å². The molecule has 0 aromatic rings. The van der Waals surface area contributed by atoms with E-state index in [4.69, 9.17) is 4.43 Å². The zero-order valence-electron chi connectivity index (χ0n) is 6.85. The van der Waals surface area contributed by atoms with E-state index in [1.165, 1.54) is 0 Å². The van der Waals surface area contributed by atoms with E-state index in [2.05, 4.69) is 6.58 Å². The average Bonchev–Trinajstić information content (AvgIpc) is 1.66. The van der Waals surface area contributed by atoms with E-state index in [1.54, 1.807) is 6.08 Å². The minimum absolute atomic E-state index is 0.715. The quantitative estimate of drug-likeness (QED) is 0.391. The predicted molar refractivity (Wildman–Crippen MR) is 45.7 cm³/mol. The van der Waals surface area contributed by atoms with Crippen LogP contribution >= 0.6 is 0 Å². The van der Waals surface area contributed by atoms with Gasteiger partial charge < -0.3 is 9.33 Å². The van der Waals surface area contributed by atoms with Gasteiger partial charge >= 0.3 is 0 Å². The number of hydrogen-bond acceptors (Lipinski definition) is 2. The van der Waals surface area contributed by atoms with Crippen LogP contribution in [-0.4, -0.2) is 43.1 Å². The highest BCUT2D eigenvalue weighted by molar-refractivity contribution is 5.98. The zero-order valence-corrected chi connectivity index (χ0v) is 8.85. The van der Waals surface area contributed by atoms with Gasteiger partial charge in [-0.1, -0.05) is 6.08 Å². The Hall–Kier alpha value is -0.123. The van der Waals surface area contributed by atoms with Crippen LogP contribution in [0.5, 0.6) is 0 Å². The van der Waals surface area contributed by atoms with E-state index in [0.717, 1.165) is 10.5 Å². The lowest BCUT2D eigenvalue weighted by atomic mass is 10.7. The SMILES string of the molecule is C=CCO[SiH3].CN(C)C. The molecule has 0 radical (unpaired) electrons. The monoisotopic (exact) mass is 147 g/mol. The van der Waals surface area contributed by atoms with Crippen molar-refractivity contribution in [2.24, 2.45) is 0 Å². The first-order chi connectivity index (χ1) is 4.15. The Morgan fingerprint density at radius 1 is 1.56 bits per heavy atom. The molecule has 3 heteroatoms. The van der Waals surface area contributed by atoms with Crippen LogP contribution in [0.15, 0.2) is 12.7 Å². The number of rotatable bonds is 2. The van der Waals surface area contributed by atoms with Gasteiger partial charge in [0, 0.05) is 0 Å². The molecule has 9 heavy (non-hydrogen) atoms. The maximum absolute atomic E-state index is 4.71. The normalized spacial score (nSPS) is 8.44. The fraction of sp³-hybridized carbons (Fsp3) is 0.667. The van der Waals surface area contributed by atoms with E-state index < -0.39 is 0 Å². The molecule has 0 spiro atoms. The molecule has 0 N–H and O–H groups in total. The summed E-state index contributed by atoms with van der Waals surface area (Å²) < 4.78 is 4.71. The fourth-order valence-corrected chi connectivity index (χ4v) is 0.354. The molecule has 0 heterocycles. The lowest BCUT2D eigenvalue weighted by molar-refractivity contribution is 0.402. The molecule has 56 valence electrons. The first kappa shape index (κ1) is 11.6. The van der Waals surface area contributed by atoms with Gasteiger partial charge in [-0.2, -0.15) is 0 Å². The summed E-state index contributed by atoms with van der Waals surface area (Å²) in [7, 11) is 6.83. The molecule has 0 aromatic carbocycles. The summed E-state index contributed by atoms with van der Waals surface area (Å²) >= 11 is 0. The third-order valence-electron chi connectivity index (χ3n) is 0.285. The summed E-state index contributed by atoms with van der Waals surface area (Å²) in [5.74, 6) is 0. The highest BCUT2D eigenvalue weighted by Crippen LogP contribution is 1.59. The highest BCUT2D eigenvalue weighted by Gasteiger charge is 1.58. The summed E-state index contributed by atoms with van der Waals surface area (Å²) in [6, 6.07) is 0. The van der Waals surface area contributed by atoms with Crippen LogP contribution in [0, 0.1) is 0 Å². The van der Waals surface area contributed by atoms with Crippen molar-refractivity contribution < 1.29 is 4.43 Å². The van der Waals surface area contributed by atoms with Gasteiger partial charge in [0.05, 0.1) is 6.61 Å². The molecule has 2 nitrogen and oxygen atoms in total. The Kier molecular flexibility index (Phi) is 14.0. The fourth-order valence-electron chi connectivity index (χ4n) is 0.118. The van der Waals surface area contributed by atoms with Crippen molar-refractivity contribution in [2.45, 2.75) is 0 Å². The van der Waals surface area contributed by atoms with Gasteiger partial charge in [0.25, 0.3) is 0 Å². The molecule has 0 amide bonds. The third-order valence-corrected chi connectivity index (χ3v) is 0.618. The lowest BCUT2D eigenvalue weighted by Crippen LogP contribution is -1.99. The van der Waals surface area contributed by atoms with Gasteiger partial charge in [0.15, 0.2) is 0 Å². The minimum atomic E-state index is 0.715. The van der Waals surface area contributed by atoms with Crippen LogP contribution < -0.4 is 0 Å². The summed E-state index contributed by atoms with van der Waals surface area (Å²) in [5, 5.41) is 0. The van der Waals surface area contributed by atoms with Crippen molar-refractivity contribution in [1.82, 2.24) is 4.90 Å². The van der Waals surface area contributed by atoms with Gasteiger partial charge in [-0.25, -0.2) is 0 Å². The molecule has 0 rings (SSSR count). The van der Waals surface area contributed by atoms with Crippen molar-refractivity contribution in [1.29, 1.82) is 0 Å². The van der Waals surface area contributed by atoms with Gasteiger partial charge in [0.1, 0.15) is 10.5 Å². The number of hydrogen-bond donors (Lipinski definition) is 0. The molecule has 0 saturated heterocycles. The maximum atomic E-state index is 4.71. The average molecular weight is 147 g/mol. The van der Waals surface area contributed by atoms with Gasteiger partial charge in [-0.3, -0.25) is 0 Å². The van der Waals surface area contributed by atoms with Crippen molar-refractivity contribution >= 4 is 10.5 Å². The second-order valence-electron chi connectivity index (χ2n) is 2.09. The predicted octanol–water partition coefficient (Wildman–Crippen LogP) is -0.353. The van der Waals surface area contributed by atoms with Gasteiger partial charge in [0.2, 0.25) is 0 Å². The topological polar surface area (TPSA) is 12.5 Å². The minimum Gasteiger partial charge on any atom is -0.424 e. The summed E-state index contributed by atoms with van der Waals surface area (Å²) in [6.45, 7) is 4.16. The molecule has 0 bridgehead atoms. The molecule has 0 aliphatic rings. The Morgan fingerprint density at radius 3 is 1.89 bits per heavy atom. The first-order valence-electron chi connectivity index (χ1n) is 2.86. The maximum Gasteiger partial charge on any atom is 0.146 e. The lowest BCUT2D eigenvalue weighted by Gasteiger charge is -1.90. The zero-order chi connectivity index (χ0) is 7.70. The molecule has 0 fully saturated rings. The molecule has 0 aliphatic heterocycles. The third kappa shape index (κ3) is 77.2. The summed E-state index contributed by atoms with van der Waals surface area (Å²) in [5.41, 5.74) is 0. The largest absolute Gasteiger partial charge is 0.424 e. The summed E-state index contributed by atoms with van der Waals surface area (Å²) in [4.78, 5) is 2.00. The first-order valence-corrected chi connectivity index (χ1v) is 3.67. The van der Waals surface area contributed by atoms with Crippen LogP contribution in [0.2, 0.25) is 0 Å². The molecule has 0 atom stereocenters. The van der Waals surface area contributed by atoms with Gasteiger partial charge in [-0.15, -0.1) is 6.58 Å². The Balaban J connectivity index is 0. The molecule has 0 aliphatic carbocycles. The molecule has 0 aromatic heterocycles. The Bertz CT molecular complexity index is 54.3. The standard InChI is InChI=1S/C3H9N.C3H8OSi/c1-4(2)3;1-2-3-4-5/h1-3H3;2H,1,3H2,5H3. The summed E-state index contributed by atoms with van der Waals surface area (Å²) in [6.07, 6.45) is 1.74. The molecule has 0 unspecified atom stereocenters. The van der Waals surface area contributed by atoms with Crippen molar-refractivity contribution in [3.63, 3.8) is 0 Å². The molecular weight excluding hydrogens is 130 g/mol. The van der Waals surface area contributed by atoms with Crippen LogP contribution in [0.4, 0.5) is 0 Å². The Morgan fingerprint density at radius 2 is 1.89 bits per heavy atom. The Labute approximate surface area is 61.0 Å². The van der Waals surface area contributed by atoms with E-state index in [0.29, 0.717) is 6.61 Å². The number of nitrogens with zero attached hydrogens (tertiary/aromatic N) is 1. The second-order valence-corrected chi connectivity index (χ2v) is 2.66. The van der Waals surface area contributed by atoms with E-state index in [1.807, 2.05) is 26.0 Å². The van der Waals surface area contributed by atoms with Crippen molar-refractivity contribution in [3.05, 3.63) is 12.7 Å². The van der Waals surface area contributed by atoms with Crippen LogP contribution in [0.3, 0.4) is 0 Å². The van der Waals surface area contributed by atoms with E-state index in [-0.39, 0.29) is 0 Å². The van der Waals surface area contributed by atoms with Gasteiger partial charge in [-0.05, 0) is 21.1 Å². The van der Waals surface area contributed by atoms with Crippen LogP contribution in [0.25, 0.3) is 0 Å². The van der Waals surface area contributed by atoms with E-state index >= 15 is 0 Å². The second kappa shape index (κ2) is 10.8. The van der Waals surface area contributed by atoms with E-state index in [9.17, 15) is 0 Å². The van der Waals surface area contributed by atoms with Crippen molar-refractivity contribution in [3.8, 4) is 0 Å². The molecular formula is C6H17NOSi.